The lowest BCUT2D eigenvalue weighted by Gasteiger charge is -2.33. The van der Waals surface area contributed by atoms with E-state index in [-0.39, 0.29) is 10.9 Å². The molecular formula is C23H22N4O2S. The second kappa shape index (κ2) is 8.67. The molecule has 152 valence electrons. The van der Waals surface area contributed by atoms with Crippen molar-refractivity contribution < 1.29 is 10.0 Å². The van der Waals surface area contributed by atoms with Gasteiger partial charge in [0.1, 0.15) is 16.2 Å². The van der Waals surface area contributed by atoms with Gasteiger partial charge in [0.2, 0.25) is 0 Å². The minimum atomic E-state index is -0.597. The van der Waals surface area contributed by atoms with Gasteiger partial charge in [-0.05, 0) is 50.2 Å². The molecule has 1 fully saturated rings. The number of benzene rings is 2. The molecule has 0 atom stereocenters. The summed E-state index contributed by atoms with van der Waals surface area (Å²) < 4.78 is 0. The number of thiocarbonyl (C=S) groups is 1. The van der Waals surface area contributed by atoms with E-state index in [0.717, 1.165) is 42.4 Å². The zero-order chi connectivity index (χ0) is 21.0. The van der Waals surface area contributed by atoms with E-state index in [1.807, 2.05) is 47.9 Å². The van der Waals surface area contributed by atoms with Crippen molar-refractivity contribution in [1.82, 2.24) is 21.1 Å². The highest BCUT2D eigenvalue weighted by atomic mass is 32.1. The van der Waals surface area contributed by atoms with Crippen molar-refractivity contribution >= 4 is 34.0 Å². The third kappa shape index (κ3) is 4.36. The van der Waals surface area contributed by atoms with Crippen LogP contribution < -0.4 is 16.1 Å². The molecule has 30 heavy (non-hydrogen) atoms. The Labute approximate surface area is 180 Å². The van der Waals surface area contributed by atoms with E-state index in [2.05, 4.69) is 27.5 Å². The van der Waals surface area contributed by atoms with Gasteiger partial charge in [-0.15, -0.1) is 0 Å². The Kier molecular flexibility index (Phi) is 5.81. The maximum atomic E-state index is 13.0. The van der Waals surface area contributed by atoms with Gasteiger partial charge < -0.3 is 15.6 Å². The molecule has 1 aliphatic rings. The Morgan fingerprint density at radius 2 is 1.83 bits per heavy atom. The molecule has 1 amide bonds. The van der Waals surface area contributed by atoms with Crippen LogP contribution in [-0.2, 0) is 0 Å². The van der Waals surface area contributed by atoms with Gasteiger partial charge in [0.25, 0.3) is 5.91 Å². The molecule has 1 saturated heterocycles. The maximum absolute atomic E-state index is 13.0. The van der Waals surface area contributed by atoms with Gasteiger partial charge in [-0.25, -0.2) is 0 Å². The van der Waals surface area contributed by atoms with Crippen molar-refractivity contribution in [1.29, 1.82) is 0 Å². The first-order valence-electron chi connectivity index (χ1n) is 9.77. The number of nitrogens with one attached hydrogen (secondary N) is 4. The topological polar surface area (TPSA) is 89.2 Å². The molecule has 0 unspecified atom stereocenters. The summed E-state index contributed by atoms with van der Waals surface area (Å²) in [5.74, 6) is 6.35. The van der Waals surface area contributed by atoms with Crippen LogP contribution in [0, 0.1) is 11.8 Å². The number of H-pyrrole nitrogens is 1. The second-order valence-corrected chi connectivity index (χ2v) is 7.73. The SMILES string of the molecule is O=C(NC1(C#Cc2ccc(C(=S)NO)cc2)CCNCC1)c1cc2ccccc2[nH]1. The van der Waals surface area contributed by atoms with E-state index in [1.54, 1.807) is 12.1 Å². The van der Waals surface area contributed by atoms with Gasteiger partial charge in [0, 0.05) is 22.0 Å². The fourth-order valence-electron chi connectivity index (χ4n) is 3.58. The summed E-state index contributed by atoms with van der Waals surface area (Å²) in [6.07, 6.45) is 1.45. The molecule has 0 bridgehead atoms. The molecule has 0 radical (unpaired) electrons. The number of carbonyl (C=O) groups excluding carboxylic acids is 1. The number of hydrogen-bond acceptors (Lipinski definition) is 4. The van der Waals surface area contributed by atoms with Crippen molar-refractivity contribution in [3.05, 3.63) is 71.4 Å². The average molecular weight is 419 g/mol. The molecule has 0 saturated carbocycles. The number of carbonyl (C=O) groups is 1. The zero-order valence-electron chi connectivity index (χ0n) is 16.3. The fourth-order valence-corrected chi connectivity index (χ4v) is 3.71. The van der Waals surface area contributed by atoms with Crippen molar-refractivity contribution in [2.75, 3.05) is 13.1 Å². The first-order chi connectivity index (χ1) is 14.6. The molecular weight excluding hydrogens is 396 g/mol. The number of fused-ring (bicyclic) bond motifs is 1. The summed E-state index contributed by atoms with van der Waals surface area (Å²) >= 11 is 5.01. The summed E-state index contributed by atoms with van der Waals surface area (Å²) in [6, 6.07) is 17.0. The van der Waals surface area contributed by atoms with Crippen LogP contribution in [0.5, 0.6) is 0 Å². The number of rotatable bonds is 3. The van der Waals surface area contributed by atoms with Crippen LogP contribution in [0.2, 0.25) is 0 Å². The molecule has 1 aliphatic heterocycles. The van der Waals surface area contributed by atoms with Crippen LogP contribution in [0.15, 0.2) is 54.6 Å². The smallest absolute Gasteiger partial charge is 0.268 e. The summed E-state index contributed by atoms with van der Waals surface area (Å²) in [4.78, 5) is 16.4. The molecule has 2 heterocycles. The van der Waals surface area contributed by atoms with Crippen molar-refractivity contribution in [3.8, 4) is 11.8 Å². The number of amides is 1. The summed E-state index contributed by atoms with van der Waals surface area (Å²) in [5.41, 5.74) is 4.37. The number of para-hydroxylation sites is 1. The molecule has 2 aromatic carbocycles. The van der Waals surface area contributed by atoms with Crippen molar-refractivity contribution in [3.63, 3.8) is 0 Å². The average Bonchev–Trinajstić information content (AvgIpc) is 3.23. The Hall–Kier alpha value is -3.18. The molecule has 7 heteroatoms. The first kappa shape index (κ1) is 20.1. The van der Waals surface area contributed by atoms with E-state index in [9.17, 15) is 4.79 Å². The van der Waals surface area contributed by atoms with Gasteiger partial charge in [-0.3, -0.25) is 15.5 Å². The van der Waals surface area contributed by atoms with E-state index in [4.69, 9.17) is 17.4 Å². The summed E-state index contributed by atoms with van der Waals surface area (Å²) in [6.45, 7) is 1.58. The van der Waals surface area contributed by atoms with E-state index < -0.39 is 5.54 Å². The lowest BCUT2D eigenvalue weighted by atomic mass is 9.88. The number of hydroxylamine groups is 1. The number of hydrogen-bond donors (Lipinski definition) is 5. The summed E-state index contributed by atoms with van der Waals surface area (Å²) in [5, 5.41) is 16.4. The van der Waals surface area contributed by atoms with Crippen LogP contribution in [0.1, 0.15) is 34.5 Å². The van der Waals surface area contributed by atoms with Gasteiger partial charge >= 0.3 is 0 Å². The van der Waals surface area contributed by atoms with E-state index >= 15 is 0 Å². The molecule has 4 rings (SSSR count). The highest BCUT2D eigenvalue weighted by molar-refractivity contribution is 7.80. The third-order valence-corrected chi connectivity index (χ3v) is 5.61. The Bertz CT molecular complexity index is 1100. The molecule has 0 aliphatic carbocycles. The highest BCUT2D eigenvalue weighted by Gasteiger charge is 2.32. The Morgan fingerprint density at radius 3 is 2.53 bits per heavy atom. The lowest BCUT2D eigenvalue weighted by Crippen LogP contribution is -2.53. The zero-order valence-corrected chi connectivity index (χ0v) is 17.1. The van der Waals surface area contributed by atoms with E-state index in [1.165, 1.54) is 0 Å². The van der Waals surface area contributed by atoms with Crippen LogP contribution in [-0.4, -0.2) is 39.7 Å². The van der Waals surface area contributed by atoms with Gasteiger partial charge in [-0.2, -0.15) is 0 Å². The minimum absolute atomic E-state index is 0.155. The minimum Gasteiger partial charge on any atom is -0.351 e. The van der Waals surface area contributed by atoms with Crippen LogP contribution in [0.25, 0.3) is 10.9 Å². The second-order valence-electron chi connectivity index (χ2n) is 7.32. The lowest BCUT2D eigenvalue weighted by molar-refractivity contribution is 0.0903. The van der Waals surface area contributed by atoms with Crippen LogP contribution in [0.4, 0.5) is 0 Å². The largest absolute Gasteiger partial charge is 0.351 e. The molecule has 1 aromatic heterocycles. The third-order valence-electron chi connectivity index (χ3n) is 5.28. The Balaban J connectivity index is 1.56. The normalized spacial score (nSPS) is 15.1. The highest BCUT2D eigenvalue weighted by Crippen LogP contribution is 2.20. The number of aromatic nitrogens is 1. The van der Waals surface area contributed by atoms with Gasteiger partial charge in [0.05, 0.1) is 0 Å². The summed E-state index contributed by atoms with van der Waals surface area (Å²) in [7, 11) is 0. The monoisotopic (exact) mass is 418 g/mol. The van der Waals surface area contributed by atoms with E-state index in [0.29, 0.717) is 11.3 Å². The predicted molar refractivity (Wildman–Crippen MR) is 121 cm³/mol. The van der Waals surface area contributed by atoms with Crippen LogP contribution >= 0.6 is 12.2 Å². The number of piperidine rings is 1. The van der Waals surface area contributed by atoms with Gasteiger partial charge in [0.15, 0.2) is 0 Å². The molecule has 6 nitrogen and oxygen atoms in total. The Morgan fingerprint density at radius 1 is 1.10 bits per heavy atom. The number of aromatic amines is 1. The standard InChI is InChI=1S/C23H22N4O2S/c28-21(20-15-18-3-1-2-4-19(18)25-20)26-23(11-13-24-14-12-23)10-9-16-5-7-17(8-6-16)22(30)27-29/h1-8,15,24-25,29H,11-14H2,(H,26,28)(H,27,30). The van der Waals surface area contributed by atoms with Crippen molar-refractivity contribution in [2.24, 2.45) is 0 Å². The predicted octanol–water partition coefficient (Wildman–Crippen LogP) is 2.73. The molecule has 5 N–H and O–H groups in total. The van der Waals surface area contributed by atoms with Crippen LogP contribution in [0.3, 0.4) is 0 Å². The quantitative estimate of drug-likeness (QED) is 0.256. The maximum Gasteiger partial charge on any atom is 0.268 e. The fraction of sp³-hybridized carbons (Fsp3) is 0.217. The van der Waals surface area contributed by atoms with Crippen molar-refractivity contribution in [2.45, 2.75) is 18.4 Å². The molecule has 3 aromatic rings. The molecule has 0 spiro atoms. The van der Waals surface area contributed by atoms with Gasteiger partial charge in [-0.1, -0.05) is 54.4 Å². The first-order valence-corrected chi connectivity index (χ1v) is 10.2.